The number of rotatable bonds is 5. The molecule has 0 radical (unpaired) electrons. The van der Waals surface area contributed by atoms with Crippen LogP contribution in [-0.2, 0) is 11.3 Å². The second-order valence-corrected chi connectivity index (χ2v) is 7.00. The lowest BCUT2D eigenvalue weighted by Gasteiger charge is -2.20. The molecule has 32 heavy (non-hydrogen) atoms. The van der Waals surface area contributed by atoms with Crippen LogP contribution in [0.5, 0.6) is 17.4 Å². The second-order valence-electron chi connectivity index (χ2n) is 7.00. The number of halogens is 2. The molecule has 164 valence electrons. The summed E-state index contributed by atoms with van der Waals surface area (Å²) in [6.45, 7) is -3.19. The Hall–Kier alpha value is -4.26. The Bertz CT molecular complexity index is 1280. The molecule has 10 heteroatoms. The SMILES string of the molecule is COc1ccc2cn(C[C@@]3(C#Cc4cccc(OC(F)F)c4)NC(=O)NC3=O)c(O)c2c1. The third-order valence-corrected chi connectivity index (χ3v) is 4.90. The van der Waals surface area contributed by atoms with Gasteiger partial charge < -0.3 is 24.5 Å². The Morgan fingerprint density at radius 1 is 1.19 bits per heavy atom. The van der Waals surface area contributed by atoms with E-state index in [0.717, 1.165) is 0 Å². The number of nitrogens with one attached hydrogen (secondary N) is 2. The van der Waals surface area contributed by atoms with Crippen molar-refractivity contribution in [1.82, 2.24) is 15.2 Å². The lowest BCUT2D eigenvalue weighted by Crippen LogP contribution is -2.49. The number of imide groups is 1. The molecule has 1 fully saturated rings. The van der Waals surface area contributed by atoms with Crippen LogP contribution in [0.15, 0.2) is 48.7 Å². The minimum atomic E-state index is -2.99. The van der Waals surface area contributed by atoms with E-state index in [1.807, 2.05) is 0 Å². The molecule has 0 bridgehead atoms. The van der Waals surface area contributed by atoms with Gasteiger partial charge in [-0.25, -0.2) is 4.79 Å². The predicted molar refractivity (Wildman–Crippen MR) is 110 cm³/mol. The number of amides is 3. The standard InChI is InChI=1S/C22H17F2N3O5/c1-31-15-6-5-14-11-27(18(28)17(14)10-15)12-22(19(29)25-21(30)26-22)8-7-13-3-2-4-16(9-13)32-20(23)24/h2-6,9-11,20,28H,12H2,1H3,(H2,25,26,29,30)/t22-/m1/s1. The fourth-order valence-electron chi connectivity index (χ4n) is 3.39. The van der Waals surface area contributed by atoms with Crippen molar-refractivity contribution < 1.29 is 33.0 Å². The molecule has 8 nitrogen and oxygen atoms in total. The maximum absolute atomic E-state index is 12.6. The molecule has 2 aromatic carbocycles. The summed E-state index contributed by atoms with van der Waals surface area (Å²) in [5.41, 5.74) is -1.41. The van der Waals surface area contributed by atoms with Gasteiger partial charge in [-0.2, -0.15) is 8.78 Å². The van der Waals surface area contributed by atoms with Gasteiger partial charge in [0.25, 0.3) is 5.91 Å². The van der Waals surface area contributed by atoms with E-state index < -0.39 is 24.1 Å². The average Bonchev–Trinajstić information content (AvgIpc) is 3.21. The molecule has 0 unspecified atom stereocenters. The van der Waals surface area contributed by atoms with Gasteiger partial charge >= 0.3 is 12.6 Å². The number of aromatic nitrogens is 1. The number of methoxy groups -OCH3 is 1. The molecule has 2 heterocycles. The molecule has 1 atom stereocenters. The van der Waals surface area contributed by atoms with Crippen molar-refractivity contribution in [3.63, 3.8) is 0 Å². The highest BCUT2D eigenvalue weighted by atomic mass is 19.3. The van der Waals surface area contributed by atoms with Crippen LogP contribution in [0.2, 0.25) is 0 Å². The Balaban J connectivity index is 1.71. The maximum Gasteiger partial charge on any atom is 0.387 e. The minimum Gasteiger partial charge on any atom is -0.497 e. The number of ether oxygens (including phenoxy) is 2. The highest BCUT2D eigenvalue weighted by Gasteiger charge is 2.46. The number of hydrogen-bond acceptors (Lipinski definition) is 5. The number of fused-ring (bicyclic) bond motifs is 1. The summed E-state index contributed by atoms with van der Waals surface area (Å²) < 4.78 is 35.8. The third-order valence-electron chi connectivity index (χ3n) is 4.90. The van der Waals surface area contributed by atoms with E-state index in [2.05, 4.69) is 27.2 Å². The second kappa shape index (κ2) is 8.11. The topological polar surface area (TPSA) is 102 Å². The number of nitrogens with zero attached hydrogens (tertiary/aromatic N) is 1. The van der Waals surface area contributed by atoms with Crippen molar-refractivity contribution in [2.45, 2.75) is 18.7 Å². The summed E-state index contributed by atoms with van der Waals surface area (Å²) in [7, 11) is 1.50. The minimum absolute atomic E-state index is 0.0935. The van der Waals surface area contributed by atoms with Gasteiger partial charge in [-0.1, -0.05) is 17.9 Å². The average molecular weight is 441 g/mol. The largest absolute Gasteiger partial charge is 0.497 e. The summed E-state index contributed by atoms with van der Waals surface area (Å²) in [5.74, 6) is 5.04. The summed E-state index contributed by atoms with van der Waals surface area (Å²) in [4.78, 5) is 24.5. The van der Waals surface area contributed by atoms with Gasteiger partial charge in [0, 0.05) is 22.5 Å². The highest BCUT2D eigenvalue weighted by Crippen LogP contribution is 2.32. The number of carbonyl (C=O) groups excluding carboxylic acids is 2. The van der Waals surface area contributed by atoms with Crippen molar-refractivity contribution in [3.8, 4) is 29.2 Å². The Kier molecular flexibility index (Phi) is 5.32. The summed E-state index contributed by atoms with van der Waals surface area (Å²) in [6, 6.07) is 10.0. The molecule has 1 aliphatic heterocycles. The van der Waals surface area contributed by atoms with E-state index in [0.29, 0.717) is 22.1 Å². The summed E-state index contributed by atoms with van der Waals surface area (Å²) in [5, 5.41) is 16.5. The monoisotopic (exact) mass is 441 g/mol. The van der Waals surface area contributed by atoms with Crippen molar-refractivity contribution in [2.75, 3.05) is 7.11 Å². The van der Waals surface area contributed by atoms with Crippen LogP contribution in [0, 0.1) is 11.8 Å². The molecule has 0 saturated carbocycles. The zero-order valence-corrected chi connectivity index (χ0v) is 16.7. The highest BCUT2D eigenvalue weighted by molar-refractivity contribution is 6.09. The first-order valence-electron chi connectivity index (χ1n) is 9.37. The van der Waals surface area contributed by atoms with Crippen LogP contribution in [0.3, 0.4) is 0 Å². The zero-order chi connectivity index (χ0) is 22.9. The van der Waals surface area contributed by atoms with Crippen molar-refractivity contribution >= 4 is 22.7 Å². The van der Waals surface area contributed by atoms with Crippen molar-refractivity contribution in [1.29, 1.82) is 0 Å². The summed E-state index contributed by atoms with van der Waals surface area (Å²) >= 11 is 0. The molecule has 3 amide bonds. The van der Waals surface area contributed by atoms with Crippen LogP contribution in [0.1, 0.15) is 5.56 Å². The van der Waals surface area contributed by atoms with Crippen LogP contribution in [-0.4, -0.2) is 40.9 Å². The van der Waals surface area contributed by atoms with Gasteiger partial charge in [-0.3, -0.25) is 10.1 Å². The fourth-order valence-corrected chi connectivity index (χ4v) is 3.39. The molecule has 1 aromatic heterocycles. The fraction of sp³-hybridized carbons (Fsp3) is 0.182. The van der Waals surface area contributed by atoms with Gasteiger partial charge in [-0.05, 0) is 36.4 Å². The number of hydrogen-bond donors (Lipinski definition) is 3. The van der Waals surface area contributed by atoms with Crippen molar-refractivity contribution in [2.24, 2.45) is 0 Å². The van der Waals surface area contributed by atoms with E-state index >= 15 is 0 Å². The molecule has 3 aromatic rings. The van der Waals surface area contributed by atoms with Gasteiger partial charge in [0.05, 0.1) is 13.7 Å². The van der Waals surface area contributed by atoms with Crippen LogP contribution < -0.4 is 20.1 Å². The molecule has 0 aliphatic carbocycles. The number of urea groups is 1. The van der Waals surface area contributed by atoms with E-state index in [1.54, 1.807) is 30.5 Å². The van der Waals surface area contributed by atoms with Crippen LogP contribution >= 0.6 is 0 Å². The number of alkyl halides is 2. The predicted octanol–water partition coefficient (Wildman–Crippen LogP) is 2.59. The first-order valence-corrected chi connectivity index (χ1v) is 9.37. The molecule has 1 aliphatic rings. The van der Waals surface area contributed by atoms with Crippen LogP contribution in [0.25, 0.3) is 10.8 Å². The van der Waals surface area contributed by atoms with E-state index in [4.69, 9.17) is 4.74 Å². The molecule has 1 saturated heterocycles. The molecule has 3 N–H and O–H groups in total. The summed E-state index contributed by atoms with van der Waals surface area (Å²) in [6.07, 6.45) is 1.61. The Morgan fingerprint density at radius 2 is 2.00 bits per heavy atom. The molecule has 0 spiro atoms. The lowest BCUT2D eigenvalue weighted by atomic mass is 9.99. The molecular weight excluding hydrogens is 424 g/mol. The maximum atomic E-state index is 12.6. The lowest BCUT2D eigenvalue weighted by molar-refractivity contribution is -0.122. The smallest absolute Gasteiger partial charge is 0.387 e. The third kappa shape index (κ3) is 4.00. The number of carbonyl (C=O) groups is 2. The number of aromatic hydroxyl groups is 1. The Labute approximate surface area is 180 Å². The van der Waals surface area contributed by atoms with E-state index in [9.17, 15) is 23.5 Å². The quantitative estimate of drug-likeness (QED) is 0.417. The normalized spacial score (nSPS) is 17.6. The zero-order valence-electron chi connectivity index (χ0n) is 16.7. The van der Waals surface area contributed by atoms with E-state index in [1.165, 1.54) is 29.9 Å². The van der Waals surface area contributed by atoms with Gasteiger partial charge in [0.2, 0.25) is 5.54 Å². The van der Waals surface area contributed by atoms with E-state index in [-0.39, 0.29) is 18.2 Å². The van der Waals surface area contributed by atoms with Crippen molar-refractivity contribution in [3.05, 3.63) is 54.2 Å². The Morgan fingerprint density at radius 3 is 2.69 bits per heavy atom. The van der Waals surface area contributed by atoms with Gasteiger partial charge in [0.15, 0.2) is 5.88 Å². The van der Waals surface area contributed by atoms with Gasteiger partial charge in [-0.15, -0.1) is 0 Å². The van der Waals surface area contributed by atoms with Gasteiger partial charge in [0.1, 0.15) is 11.5 Å². The number of benzene rings is 2. The first-order chi connectivity index (χ1) is 15.3. The molecule has 4 rings (SSSR count). The first kappa shape index (κ1) is 21.0. The molecular formula is C22H17F2N3O5. The van der Waals surface area contributed by atoms with Crippen LogP contribution in [0.4, 0.5) is 13.6 Å².